The second-order valence-electron chi connectivity index (χ2n) is 3.24. The quantitative estimate of drug-likeness (QED) is 0.544. The molecular formula is C8H15IO. The van der Waals surface area contributed by atoms with E-state index < -0.39 is 0 Å². The van der Waals surface area contributed by atoms with Gasteiger partial charge in [-0.25, -0.2) is 0 Å². The van der Waals surface area contributed by atoms with Crippen LogP contribution in [0.15, 0.2) is 0 Å². The Balaban J connectivity index is 2.41. The molecular weight excluding hydrogens is 239 g/mol. The molecule has 0 spiro atoms. The minimum atomic E-state index is 0.204. The van der Waals surface area contributed by atoms with Gasteiger partial charge in [0.25, 0.3) is 0 Å². The van der Waals surface area contributed by atoms with Crippen LogP contribution in [0.25, 0.3) is 0 Å². The van der Waals surface area contributed by atoms with Gasteiger partial charge in [-0.05, 0) is 26.2 Å². The lowest BCUT2D eigenvalue weighted by atomic mass is 10.00. The lowest BCUT2D eigenvalue weighted by Crippen LogP contribution is -2.23. The van der Waals surface area contributed by atoms with Crippen molar-refractivity contribution < 1.29 is 4.74 Å². The van der Waals surface area contributed by atoms with Crippen molar-refractivity contribution in [3.8, 4) is 0 Å². The van der Waals surface area contributed by atoms with Gasteiger partial charge < -0.3 is 4.74 Å². The van der Waals surface area contributed by atoms with Gasteiger partial charge in [-0.2, -0.15) is 0 Å². The summed E-state index contributed by atoms with van der Waals surface area (Å²) in [4.78, 5) is 0. The summed E-state index contributed by atoms with van der Waals surface area (Å²) < 4.78 is 6.99. The Morgan fingerprint density at radius 2 is 2.40 bits per heavy atom. The predicted octanol–water partition coefficient (Wildman–Crippen LogP) is 2.77. The van der Waals surface area contributed by atoms with Crippen LogP contribution in [0.3, 0.4) is 0 Å². The van der Waals surface area contributed by atoms with Gasteiger partial charge in [0.1, 0.15) is 0 Å². The van der Waals surface area contributed by atoms with Crippen molar-refractivity contribution in [2.75, 3.05) is 4.43 Å². The van der Waals surface area contributed by atoms with E-state index in [2.05, 4.69) is 36.4 Å². The van der Waals surface area contributed by atoms with Crippen molar-refractivity contribution in [1.82, 2.24) is 0 Å². The molecule has 0 N–H and O–H groups in total. The van der Waals surface area contributed by atoms with Crippen molar-refractivity contribution >= 4 is 22.6 Å². The van der Waals surface area contributed by atoms with Crippen LogP contribution in [0.2, 0.25) is 0 Å². The molecule has 0 aromatic carbocycles. The van der Waals surface area contributed by atoms with Gasteiger partial charge >= 0.3 is 0 Å². The zero-order chi connectivity index (χ0) is 7.61. The Kier molecular flexibility index (Phi) is 2.98. The van der Waals surface area contributed by atoms with E-state index in [1.54, 1.807) is 0 Å². The number of ether oxygens (including phenoxy) is 1. The molecule has 60 valence electrons. The first-order chi connectivity index (χ1) is 4.70. The van der Waals surface area contributed by atoms with Crippen molar-refractivity contribution in [1.29, 1.82) is 0 Å². The van der Waals surface area contributed by atoms with E-state index in [0.29, 0.717) is 6.10 Å². The maximum absolute atomic E-state index is 5.84. The first-order valence-electron chi connectivity index (χ1n) is 3.94. The van der Waals surface area contributed by atoms with Gasteiger partial charge in [0.15, 0.2) is 0 Å². The number of hydrogen-bond donors (Lipinski definition) is 0. The van der Waals surface area contributed by atoms with Crippen LogP contribution in [0, 0.1) is 0 Å². The highest BCUT2D eigenvalue weighted by Crippen LogP contribution is 2.33. The summed E-state index contributed by atoms with van der Waals surface area (Å²) in [6.45, 7) is 4.43. The fourth-order valence-corrected chi connectivity index (χ4v) is 1.98. The van der Waals surface area contributed by atoms with E-state index in [-0.39, 0.29) is 5.60 Å². The average molecular weight is 254 g/mol. The maximum Gasteiger partial charge on any atom is 0.0672 e. The second-order valence-corrected chi connectivity index (χ2v) is 4.12. The van der Waals surface area contributed by atoms with Crippen molar-refractivity contribution in [2.45, 2.75) is 44.8 Å². The molecule has 2 heteroatoms. The van der Waals surface area contributed by atoms with E-state index in [4.69, 9.17) is 4.74 Å². The maximum atomic E-state index is 5.84. The third-order valence-corrected chi connectivity index (χ3v) is 3.35. The van der Waals surface area contributed by atoms with Crippen LogP contribution in [0.1, 0.15) is 33.1 Å². The van der Waals surface area contributed by atoms with Crippen molar-refractivity contribution in [2.24, 2.45) is 0 Å². The molecule has 1 aliphatic heterocycles. The summed E-state index contributed by atoms with van der Waals surface area (Å²) in [5.74, 6) is 0. The van der Waals surface area contributed by atoms with Crippen LogP contribution in [0.5, 0.6) is 0 Å². The number of alkyl halides is 1. The smallest absolute Gasteiger partial charge is 0.0672 e. The molecule has 0 amide bonds. The fraction of sp³-hybridized carbons (Fsp3) is 1.00. The summed E-state index contributed by atoms with van der Waals surface area (Å²) in [7, 11) is 0. The monoisotopic (exact) mass is 254 g/mol. The van der Waals surface area contributed by atoms with Crippen molar-refractivity contribution in [3.05, 3.63) is 0 Å². The number of rotatable bonds is 2. The third-order valence-electron chi connectivity index (χ3n) is 2.37. The second kappa shape index (κ2) is 3.39. The molecule has 0 aromatic heterocycles. The summed E-state index contributed by atoms with van der Waals surface area (Å²) in [5, 5.41) is 0. The molecule has 1 heterocycles. The highest BCUT2D eigenvalue weighted by molar-refractivity contribution is 14.1. The Bertz CT molecular complexity index is 116. The minimum Gasteiger partial charge on any atom is -0.371 e. The molecule has 1 nitrogen and oxygen atoms in total. The van der Waals surface area contributed by atoms with E-state index in [9.17, 15) is 0 Å². The Labute approximate surface area is 76.7 Å². The summed E-state index contributed by atoms with van der Waals surface area (Å²) in [6, 6.07) is 0. The molecule has 1 saturated heterocycles. The zero-order valence-electron chi connectivity index (χ0n) is 6.69. The van der Waals surface area contributed by atoms with Gasteiger partial charge in [0.05, 0.1) is 11.7 Å². The lowest BCUT2D eigenvalue weighted by Gasteiger charge is -2.22. The molecule has 0 saturated carbocycles. The number of hydrogen-bond acceptors (Lipinski definition) is 1. The van der Waals surface area contributed by atoms with Crippen LogP contribution in [0.4, 0.5) is 0 Å². The molecule has 1 fully saturated rings. The Morgan fingerprint density at radius 1 is 1.70 bits per heavy atom. The molecule has 0 radical (unpaired) electrons. The van der Waals surface area contributed by atoms with Gasteiger partial charge in [-0.3, -0.25) is 0 Å². The molecule has 2 atom stereocenters. The van der Waals surface area contributed by atoms with E-state index in [1.165, 1.54) is 12.8 Å². The van der Waals surface area contributed by atoms with Crippen LogP contribution in [-0.4, -0.2) is 16.1 Å². The van der Waals surface area contributed by atoms with Crippen LogP contribution < -0.4 is 0 Å². The molecule has 1 aliphatic rings. The largest absolute Gasteiger partial charge is 0.371 e. The summed E-state index contributed by atoms with van der Waals surface area (Å²) in [6.07, 6.45) is 4.19. The third kappa shape index (κ3) is 1.84. The first-order valence-corrected chi connectivity index (χ1v) is 5.46. The Hall–Kier alpha value is 0.690. The molecule has 0 aromatic rings. The number of halogens is 1. The highest BCUT2D eigenvalue weighted by Gasteiger charge is 2.33. The molecule has 2 unspecified atom stereocenters. The molecule has 0 bridgehead atoms. The van der Waals surface area contributed by atoms with E-state index >= 15 is 0 Å². The average Bonchev–Trinajstić information content (AvgIpc) is 2.33. The standard InChI is InChI=1S/C8H15IO/c1-3-8(2)5-4-7(6-9)10-8/h7H,3-6H2,1-2H3. The van der Waals surface area contributed by atoms with E-state index in [0.717, 1.165) is 10.8 Å². The Morgan fingerprint density at radius 3 is 2.70 bits per heavy atom. The summed E-state index contributed by atoms with van der Waals surface area (Å²) >= 11 is 2.40. The van der Waals surface area contributed by atoms with Crippen LogP contribution in [-0.2, 0) is 4.74 Å². The molecule has 0 aliphatic carbocycles. The van der Waals surface area contributed by atoms with Crippen LogP contribution >= 0.6 is 22.6 Å². The van der Waals surface area contributed by atoms with Gasteiger partial charge in [0, 0.05) is 4.43 Å². The highest BCUT2D eigenvalue weighted by atomic mass is 127. The van der Waals surface area contributed by atoms with Gasteiger partial charge in [-0.15, -0.1) is 0 Å². The zero-order valence-corrected chi connectivity index (χ0v) is 8.85. The predicted molar refractivity (Wildman–Crippen MR) is 51.7 cm³/mol. The normalized spacial score (nSPS) is 40.5. The molecule has 10 heavy (non-hydrogen) atoms. The SMILES string of the molecule is CCC1(C)CCC(CI)O1. The lowest BCUT2D eigenvalue weighted by molar-refractivity contribution is -0.0197. The minimum absolute atomic E-state index is 0.204. The summed E-state index contributed by atoms with van der Waals surface area (Å²) in [5.41, 5.74) is 0.204. The van der Waals surface area contributed by atoms with Crippen molar-refractivity contribution in [3.63, 3.8) is 0 Å². The van der Waals surface area contributed by atoms with E-state index in [1.807, 2.05) is 0 Å². The fourth-order valence-electron chi connectivity index (χ4n) is 1.36. The molecule has 1 rings (SSSR count). The first kappa shape index (κ1) is 8.78. The van der Waals surface area contributed by atoms with Gasteiger partial charge in [-0.1, -0.05) is 29.5 Å². The topological polar surface area (TPSA) is 9.23 Å². The van der Waals surface area contributed by atoms with Gasteiger partial charge in [0.2, 0.25) is 0 Å².